The predicted octanol–water partition coefficient (Wildman–Crippen LogP) is 1.01. The third-order valence-electron chi connectivity index (χ3n) is 2.12. The fourth-order valence-electron chi connectivity index (χ4n) is 1.27. The first-order valence-corrected chi connectivity index (χ1v) is 4.68. The Bertz CT molecular complexity index is 431. The van der Waals surface area contributed by atoms with Gasteiger partial charge in [0.05, 0.1) is 30.3 Å². The number of aromatic nitrogens is 3. The fourth-order valence-corrected chi connectivity index (χ4v) is 1.27. The summed E-state index contributed by atoms with van der Waals surface area (Å²) in [6.45, 7) is 0.666. The summed E-state index contributed by atoms with van der Waals surface area (Å²) < 4.78 is 1.78. The number of aryl methyl sites for hydroxylation is 1. The van der Waals surface area contributed by atoms with E-state index < -0.39 is 0 Å². The highest BCUT2D eigenvalue weighted by Crippen LogP contribution is 2.06. The van der Waals surface area contributed by atoms with E-state index in [1.165, 1.54) is 0 Å². The van der Waals surface area contributed by atoms with Crippen molar-refractivity contribution < 1.29 is 0 Å². The second kappa shape index (κ2) is 4.00. The van der Waals surface area contributed by atoms with E-state index in [4.69, 9.17) is 5.73 Å². The Balaban J connectivity index is 1.99. The van der Waals surface area contributed by atoms with Crippen molar-refractivity contribution in [2.24, 2.45) is 7.05 Å². The first-order chi connectivity index (χ1) is 7.25. The number of anilines is 2. The standard InChI is InChI=1S/C10H13N5/c1-15-10(4-5-14-15)13-7-9-3-2-8(11)6-12-9/h2-6,13H,7,11H2,1H3. The highest BCUT2D eigenvalue weighted by molar-refractivity contribution is 5.37. The molecule has 2 heterocycles. The lowest BCUT2D eigenvalue weighted by atomic mass is 10.3. The first kappa shape index (κ1) is 9.51. The number of nitrogens with one attached hydrogen (secondary N) is 1. The molecular formula is C10H13N5. The lowest BCUT2D eigenvalue weighted by molar-refractivity contribution is 0.767. The minimum Gasteiger partial charge on any atom is -0.397 e. The minimum absolute atomic E-state index is 0.666. The van der Waals surface area contributed by atoms with E-state index in [0.29, 0.717) is 12.2 Å². The van der Waals surface area contributed by atoms with Crippen LogP contribution < -0.4 is 11.1 Å². The number of hydrogen-bond donors (Lipinski definition) is 2. The molecule has 5 nitrogen and oxygen atoms in total. The zero-order valence-electron chi connectivity index (χ0n) is 8.51. The van der Waals surface area contributed by atoms with Gasteiger partial charge in [-0.25, -0.2) is 0 Å². The molecule has 0 atom stereocenters. The molecule has 15 heavy (non-hydrogen) atoms. The van der Waals surface area contributed by atoms with E-state index >= 15 is 0 Å². The number of pyridine rings is 1. The molecule has 0 radical (unpaired) electrons. The summed E-state index contributed by atoms with van der Waals surface area (Å²) in [5.41, 5.74) is 7.17. The summed E-state index contributed by atoms with van der Waals surface area (Å²) in [5, 5.41) is 7.28. The van der Waals surface area contributed by atoms with Crippen LogP contribution in [0.3, 0.4) is 0 Å². The molecule has 0 unspecified atom stereocenters. The number of nitrogens with zero attached hydrogens (tertiary/aromatic N) is 3. The highest BCUT2D eigenvalue weighted by Gasteiger charge is 1.98. The molecule has 0 saturated heterocycles. The largest absolute Gasteiger partial charge is 0.397 e. The van der Waals surface area contributed by atoms with Gasteiger partial charge in [0.15, 0.2) is 0 Å². The van der Waals surface area contributed by atoms with E-state index in [1.54, 1.807) is 17.1 Å². The quantitative estimate of drug-likeness (QED) is 0.781. The van der Waals surface area contributed by atoms with E-state index in [0.717, 1.165) is 11.5 Å². The summed E-state index contributed by atoms with van der Waals surface area (Å²) in [7, 11) is 1.89. The molecule has 0 saturated carbocycles. The zero-order valence-corrected chi connectivity index (χ0v) is 8.51. The van der Waals surface area contributed by atoms with Gasteiger partial charge in [-0.05, 0) is 12.1 Å². The van der Waals surface area contributed by atoms with E-state index in [2.05, 4.69) is 15.4 Å². The maximum Gasteiger partial charge on any atom is 0.124 e. The molecule has 0 aliphatic heterocycles. The Kier molecular flexibility index (Phi) is 2.53. The van der Waals surface area contributed by atoms with Crippen LogP contribution in [0.1, 0.15) is 5.69 Å². The second-order valence-corrected chi connectivity index (χ2v) is 3.28. The van der Waals surface area contributed by atoms with Gasteiger partial charge in [-0.1, -0.05) is 0 Å². The smallest absolute Gasteiger partial charge is 0.124 e. The van der Waals surface area contributed by atoms with Crippen molar-refractivity contribution in [3.63, 3.8) is 0 Å². The Morgan fingerprint density at radius 1 is 1.40 bits per heavy atom. The highest BCUT2D eigenvalue weighted by atomic mass is 15.3. The van der Waals surface area contributed by atoms with E-state index in [-0.39, 0.29) is 0 Å². The molecule has 2 rings (SSSR count). The van der Waals surface area contributed by atoms with Gasteiger partial charge >= 0.3 is 0 Å². The molecule has 0 spiro atoms. The SMILES string of the molecule is Cn1nccc1NCc1ccc(N)cn1. The first-order valence-electron chi connectivity index (χ1n) is 4.68. The molecule has 3 N–H and O–H groups in total. The summed E-state index contributed by atoms with van der Waals surface area (Å²) in [6.07, 6.45) is 3.40. The predicted molar refractivity (Wildman–Crippen MR) is 59.2 cm³/mol. The Morgan fingerprint density at radius 3 is 2.87 bits per heavy atom. The van der Waals surface area contributed by atoms with Gasteiger partial charge in [-0.15, -0.1) is 0 Å². The Morgan fingerprint density at radius 2 is 2.27 bits per heavy atom. The van der Waals surface area contributed by atoms with Gasteiger partial charge in [-0.2, -0.15) is 5.10 Å². The third kappa shape index (κ3) is 2.25. The van der Waals surface area contributed by atoms with Crippen LogP contribution in [0.5, 0.6) is 0 Å². The molecule has 0 aliphatic rings. The summed E-state index contributed by atoms with van der Waals surface area (Å²) in [4.78, 5) is 4.19. The maximum absolute atomic E-state index is 5.54. The van der Waals surface area contributed by atoms with E-state index in [9.17, 15) is 0 Å². The second-order valence-electron chi connectivity index (χ2n) is 3.28. The topological polar surface area (TPSA) is 68.8 Å². The van der Waals surface area contributed by atoms with Crippen molar-refractivity contribution in [1.29, 1.82) is 0 Å². The van der Waals surface area contributed by atoms with Crippen LogP contribution in [0.25, 0.3) is 0 Å². The molecule has 0 amide bonds. The van der Waals surface area contributed by atoms with Crippen LogP contribution in [0.2, 0.25) is 0 Å². The van der Waals surface area contributed by atoms with Crippen molar-refractivity contribution in [2.45, 2.75) is 6.54 Å². The number of nitrogens with two attached hydrogens (primary N) is 1. The Labute approximate surface area is 87.9 Å². The normalized spacial score (nSPS) is 10.2. The van der Waals surface area contributed by atoms with Crippen LogP contribution in [-0.4, -0.2) is 14.8 Å². The van der Waals surface area contributed by atoms with Crippen molar-refractivity contribution in [1.82, 2.24) is 14.8 Å². The Hall–Kier alpha value is -2.04. The van der Waals surface area contributed by atoms with Gasteiger partial charge in [0.2, 0.25) is 0 Å². The number of hydrogen-bond acceptors (Lipinski definition) is 4. The van der Waals surface area contributed by atoms with Crippen LogP contribution in [0.4, 0.5) is 11.5 Å². The molecule has 0 aliphatic carbocycles. The number of nitrogen functional groups attached to an aromatic ring is 1. The molecule has 0 aromatic carbocycles. The lowest BCUT2D eigenvalue weighted by Gasteiger charge is -2.05. The summed E-state index contributed by atoms with van der Waals surface area (Å²) in [6, 6.07) is 5.66. The molecule has 0 bridgehead atoms. The lowest BCUT2D eigenvalue weighted by Crippen LogP contribution is -2.05. The van der Waals surface area contributed by atoms with Crippen molar-refractivity contribution >= 4 is 11.5 Å². The minimum atomic E-state index is 0.666. The molecule has 2 aromatic rings. The van der Waals surface area contributed by atoms with Gasteiger partial charge in [0, 0.05) is 13.1 Å². The summed E-state index contributed by atoms with van der Waals surface area (Å²) >= 11 is 0. The van der Waals surface area contributed by atoms with Gasteiger partial charge < -0.3 is 11.1 Å². The van der Waals surface area contributed by atoms with Gasteiger partial charge in [0.25, 0.3) is 0 Å². The molecule has 0 fully saturated rings. The summed E-state index contributed by atoms with van der Waals surface area (Å²) in [5.74, 6) is 0.966. The van der Waals surface area contributed by atoms with Crippen molar-refractivity contribution in [3.8, 4) is 0 Å². The zero-order chi connectivity index (χ0) is 10.7. The van der Waals surface area contributed by atoms with Crippen LogP contribution >= 0.6 is 0 Å². The van der Waals surface area contributed by atoms with Gasteiger partial charge in [0.1, 0.15) is 5.82 Å². The van der Waals surface area contributed by atoms with Crippen LogP contribution in [-0.2, 0) is 13.6 Å². The third-order valence-corrected chi connectivity index (χ3v) is 2.12. The monoisotopic (exact) mass is 203 g/mol. The molecular weight excluding hydrogens is 190 g/mol. The number of rotatable bonds is 3. The van der Waals surface area contributed by atoms with Crippen molar-refractivity contribution in [2.75, 3.05) is 11.1 Å². The van der Waals surface area contributed by atoms with Crippen molar-refractivity contribution in [3.05, 3.63) is 36.3 Å². The van der Waals surface area contributed by atoms with Crippen LogP contribution in [0.15, 0.2) is 30.6 Å². The molecule has 78 valence electrons. The average molecular weight is 203 g/mol. The van der Waals surface area contributed by atoms with Gasteiger partial charge in [-0.3, -0.25) is 9.67 Å². The maximum atomic E-state index is 5.54. The fraction of sp³-hybridized carbons (Fsp3) is 0.200. The molecule has 2 aromatic heterocycles. The van der Waals surface area contributed by atoms with Crippen LogP contribution in [0, 0.1) is 0 Å². The average Bonchev–Trinajstić information content (AvgIpc) is 2.63. The molecule has 5 heteroatoms. The van der Waals surface area contributed by atoms with E-state index in [1.807, 2.05) is 25.2 Å².